The molecule has 0 bridgehead atoms. The van der Waals surface area contributed by atoms with Gasteiger partial charge < -0.3 is 15.1 Å². The summed E-state index contributed by atoms with van der Waals surface area (Å²) in [7, 11) is 0. The van der Waals surface area contributed by atoms with E-state index >= 15 is 0 Å². The number of hydrogen-bond acceptors (Lipinski definition) is 3. The molecule has 2 N–H and O–H groups in total. The molecular formula is C17H20Cl2N2O2. The standard InChI is InChI=1S/C17H19ClN2O2.ClH/c18-14-7-2-1-6-13(14)15-8-9-16(22-15)17(21)20-10-4-3-5-12(20)11-19;/h1-2,6-9,12H,3-5,10-11,19H2;1H. The molecule has 0 radical (unpaired) electrons. The van der Waals surface area contributed by atoms with Crippen LogP contribution in [-0.4, -0.2) is 29.9 Å². The molecule has 2 heterocycles. The molecule has 23 heavy (non-hydrogen) atoms. The van der Waals surface area contributed by atoms with E-state index in [9.17, 15) is 4.79 Å². The number of likely N-dealkylation sites (tertiary alicyclic amines) is 1. The van der Waals surface area contributed by atoms with Gasteiger partial charge in [0.05, 0.1) is 5.02 Å². The van der Waals surface area contributed by atoms with E-state index in [0.29, 0.717) is 23.1 Å². The van der Waals surface area contributed by atoms with Crippen molar-refractivity contribution in [3.8, 4) is 11.3 Å². The summed E-state index contributed by atoms with van der Waals surface area (Å²) >= 11 is 6.17. The molecule has 4 nitrogen and oxygen atoms in total. The number of benzene rings is 1. The second kappa shape index (κ2) is 7.86. The number of piperidine rings is 1. The monoisotopic (exact) mass is 354 g/mol. The van der Waals surface area contributed by atoms with E-state index in [1.165, 1.54) is 0 Å². The Kier molecular flexibility index (Phi) is 6.10. The molecule has 1 aliphatic rings. The number of nitrogens with zero attached hydrogens (tertiary/aromatic N) is 1. The highest BCUT2D eigenvalue weighted by atomic mass is 35.5. The third kappa shape index (κ3) is 3.71. The fourth-order valence-electron chi connectivity index (χ4n) is 2.91. The van der Waals surface area contributed by atoms with E-state index in [4.69, 9.17) is 21.8 Å². The maximum atomic E-state index is 12.6. The predicted octanol–water partition coefficient (Wildman–Crippen LogP) is 3.98. The minimum atomic E-state index is -0.0894. The van der Waals surface area contributed by atoms with Gasteiger partial charge in [-0.1, -0.05) is 23.7 Å². The Hall–Kier alpha value is -1.49. The molecular weight excluding hydrogens is 335 g/mol. The van der Waals surface area contributed by atoms with E-state index in [-0.39, 0.29) is 24.4 Å². The summed E-state index contributed by atoms with van der Waals surface area (Å²) in [6, 6.07) is 11.0. The Morgan fingerprint density at radius 1 is 1.26 bits per heavy atom. The predicted molar refractivity (Wildman–Crippen MR) is 94.1 cm³/mol. The van der Waals surface area contributed by atoms with Crippen LogP contribution in [0.4, 0.5) is 0 Å². The van der Waals surface area contributed by atoms with E-state index in [2.05, 4.69) is 0 Å². The molecule has 1 fully saturated rings. The summed E-state index contributed by atoms with van der Waals surface area (Å²) in [5.41, 5.74) is 6.57. The van der Waals surface area contributed by atoms with Crippen LogP contribution in [0.3, 0.4) is 0 Å². The molecule has 2 aromatic rings. The molecule has 124 valence electrons. The lowest BCUT2D eigenvalue weighted by molar-refractivity contribution is 0.0592. The average Bonchev–Trinajstić information content (AvgIpc) is 3.04. The molecule has 1 atom stereocenters. The van der Waals surface area contributed by atoms with Gasteiger partial charge in [0.15, 0.2) is 5.76 Å². The summed E-state index contributed by atoms with van der Waals surface area (Å²) in [6.07, 6.45) is 3.09. The molecule has 1 aromatic heterocycles. The first kappa shape index (κ1) is 17.9. The Bertz CT molecular complexity index is 672. The smallest absolute Gasteiger partial charge is 0.289 e. The lowest BCUT2D eigenvalue weighted by Crippen LogP contribution is -2.47. The molecule has 1 saturated heterocycles. The third-order valence-corrected chi connectivity index (χ3v) is 4.45. The number of nitrogens with two attached hydrogens (primary N) is 1. The minimum Gasteiger partial charge on any atom is -0.451 e. The number of halogens is 2. The van der Waals surface area contributed by atoms with Crippen LogP contribution in [0.5, 0.6) is 0 Å². The zero-order valence-electron chi connectivity index (χ0n) is 12.7. The van der Waals surface area contributed by atoms with Crippen LogP contribution >= 0.6 is 24.0 Å². The summed E-state index contributed by atoms with van der Waals surface area (Å²) in [6.45, 7) is 1.23. The number of carbonyl (C=O) groups excluding carboxylic acids is 1. The van der Waals surface area contributed by atoms with Crippen LogP contribution < -0.4 is 5.73 Å². The Morgan fingerprint density at radius 2 is 2.04 bits per heavy atom. The number of carbonyl (C=O) groups is 1. The zero-order valence-corrected chi connectivity index (χ0v) is 14.3. The maximum Gasteiger partial charge on any atom is 0.289 e. The topological polar surface area (TPSA) is 59.5 Å². The number of rotatable bonds is 3. The van der Waals surface area contributed by atoms with Gasteiger partial charge in [0.1, 0.15) is 5.76 Å². The van der Waals surface area contributed by atoms with Crippen LogP contribution in [0.2, 0.25) is 5.02 Å². The molecule has 1 aromatic carbocycles. The van der Waals surface area contributed by atoms with Crippen molar-refractivity contribution in [2.24, 2.45) is 5.73 Å². The first-order chi connectivity index (χ1) is 10.7. The van der Waals surface area contributed by atoms with E-state index in [1.807, 2.05) is 23.1 Å². The molecule has 0 saturated carbocycles. The van der Waals surface area contributed by atoms with Crippen molar-refractivity contribution in [2.45, 2.75) is 25.3 Å². The van der Waals surface area contributed by atoms with Crippen molar-refractivity contribution in [1.82, 2.24) is 4.90 Å². The fraction of sp³-hybridized carbons (Fsp3) is 0.353. The van der Waals surface area contributed by atoms with Gasteiger partial charge in [-0.3, -0.25) is 4.79 Å². The molecule has 6 heteroatoms. The van der Waals surface area contributed by atoms with Gasteiger partial charge in [0, 0.05) is 24.7 Å². The van der Waals surface area contributed by atoms with Gasteiger partial charge in [-0.25, -0.2) is 0 Å². The molecule has 3 rings (SSSR count). The number of furan rings is 1. The van der Waals surface area contributed by atoms with Gasteiger partial charge in [-0.2, -0.15) is 0 Å². The number of amides is 1. The Morgan fingerprint density at radius 3 is 2.78 bits per heavy atom. The first-order valence-corrected chi connectivity index (χ1v) is 7.94. The Balaban J connectivity index is 0.00000192. The van der Waals surface area contributed by atoms with E-state index < -0.39 is 0 Å². The average molecular weight is 355 g/mol. The van der Waals surface area contributed by atoms with Crippen LogP contribution in [0, 0.1) is 0 Å². The summed E-state index contributed by atoms with van der Waals surface area (Å²) < 4.78 is 5.74. The highest BCUT2D eigenvalue weighted by molar-refractivity contribution is 6.33. The maximum absolute atomic E-state index is 12.6. The van der Waals surface area contributed by atoms with Gasteiger partial charge in [-0.15, -0.1) is 12.4 Å². The highest BCUT2D eigenvalue weighted by Gasteiger charge is 2.28. The van der Waals surface area contributed by atoms with Gasteiger partial charge in [-0.05, 0) is 43.5 Å². The molecule has 0 aliphatic carbocycles. The summed E-state index contributed by atoms with van der Waals surface area (Å²) in [5, 5.41) is 0.605. The number of hydrogen-bond donors (Lipinski definition) is 1. The first-order valence-electron chi connectivity index (χ1n) is 7.56. The van der Waals surface area contributed by atoms with Crippen molar-refractivity contribution < 1.29 is 9.21 Å². The van der Waals surface area contributed by atoms with Gasteiger partial charge in [0.25, 0.3) is 5.91 Å². The van der Waals surface area contributed by atoms with Crippen molar-refractivity contribution in [1.29, 1.82) is 0 Å². The lowest BCUT2D eigenvalue weighted by atomic mass is 10.0. The van der Waals surface area contributed by atoms with Crippen molar-refractivity contribution >= 4 is 29.9 Å². The largest absolute Gasteiger partial charge is 0.451 e. The van der Waals surface area contributed by atoms with Gasteiger partial charge >= 0.3 is 0 Å². The molecule has 1 aliphatic heterocycles. The van der Waals surface area contributed by atoms with Crippen molar-refractivity contribution in [2.75, 3.05) is 13.1 Å². The quantitative estimate of drug-likeness (QED) is 0.906. The Labute approximate surface area is 147 Å². The molecule has 1 unspecified atom stereocenters. The second-order valence-electron chi connectivity index (χ2n) is 5.53. The fourth-order valence-corrected chi connectivity index (χ4v) is 3.14. The third-order valence-electron chi connectivity index (χ3n) is 4.12. The normalized spacial score (nSPS) is 17.7. The lowest BCUT2D eigenvalue weighted by Gasteiger charge is -2.34. The van der Waals surface area contributed by atoms with Crippen LogP contribution in [0.15, 0.2) is 40.8 Å². The van der Waals surface area contributed by atoms with Crippen molar-refractivity contribution in [3.63, 3.8) is 0 Å². The molecule has 1 amide bonds. The van der Waals surface area contributed by atoms with E-state index in [1.54, 1.807) is 18.2 Å². The minimum absolute atomic E-state index is 0. The van der Waals surface area contributed by atoms with Gasteiger partial charge in [0.2, 0.25) is 0 Å². The summed E-state index contributed by atoms with van der Waals surface area (Å²) in [4.78, 5) is 14.5. The van der Waals surface area contributed by atoms with Crippen LogP contribution in [0.1, 0.15) is 29.8 Å². The second-order valence-corrected chi connectivity index (χ2v) is 5.93. The highest BCUT2D eigenvalue weighted by Crippen LogP contribution is 2.30. The zero-order chi connectivity index (χ0) is 15.5. The van der Waals surface area contributed by atoms with Crippen LogP contribution in [-0.2, 0) is 0 Å². The van der Waals surface area contributed by atoms with Crippen LogP contribution in [0.25, 0.3) is 11.3 Å². The molecule has 0 spiro atoms. The summed E-state index contributed by atoms with van der Waals surface area (Å²) in [5.74, 6) is 0.860. The van der Waals surface area contributed by atoms with Crippen molar-refractivity contribution in [3.05, 3.63) is 47.2 Å². The van der Waals surface area contributed by atoms with E-state index in [0.717, 1.165) is 31.4 Å². The SMILES string of the molecule is Cl.NCC1CCCCN1C(=O)c1ccc(-c2ccccc2Cl)o1.